The fourth-order valence-electron chi connectivity index (χ4n) is 1.30. The molecule has 0 spiro atoms. The molecule has 1 aliphatic heterocycles. The van der Waals surface area contributed by atoms with Crippen molar-refractivity contribution in [2.75, 3.05) is 13.2 Å². The zero-order valence-electron chi connectivity index (χ0n) is 8.25. The van der Waals surface area contributed by atoms with Crippen LogP contribution in [-0.2, 0) is 9.53 Å². The minimum atomic E-state index is -2.07. The zero-order chi connectivity index (χ0) is 11.6. The molecule has 0 aromatic heterocycles. The summed E-state index contributed by atoms with van der Waals surface area (Å²) in [5, 5.41) is 39.8. The van der Waals surface area contributed by atoms with E-state index < -0.39 is 30.0 Å². The normalized spacial score (nSPS) is 41.3. The van der Waals surface area contributed by atoms with Crippen LogP contribution in [0.3, 0.4) is 0 Å². The van der Waals surface area contributed by atoms with Crippen LogP contribution in [0.5, 0.6) is 0 Å². The van der Waals surface area contributed by atoms with Crippen molar-refractivity contribution in [3.05, 3.63) is 0 Å². The first-order valence-electron chi connectivity index (χ1n) is 4.52. The predicted molar refractivity (Wildman–Crippen MR) is 47.6 cm³/mol. The van der Waals surface area contributed by atoms with Gasteiger partial charge in [-0.2, -0.15) is 0 Å². The third-order valence-corrected chi connectivity index (χ3v) is 2.27. The molecule has 0 unspecified atom stereocenters. The Kier molecular flexibility index (Phi) is 3.63. The van der Waals surface area contributed by atoms with Crippen molar-refractivity contribution >= 4 is 5.91 Å². The summed E-state index contributed by atoms with van der Waals surface area (Å²) in [5.74, 6) is -2.47. The first-order chi connectivity index (χ1) is 6.87. The molecule has 4 atom stereocenters. The van der Waals surface area contributed by atoms with Crippen LogP contribution < -0.4 is 5.32 Å². The molecule has 1 fully saturated rings. The maximum atomic E-state index is 10.6. The van der Waals surface area contributed by atoms with Crippen molar-refractivity contribution in [1.82, 2.24) is 5.32 Å². The summed E-state index contributed by atoms with van der Waals surface area (Å²) in [6.07, 6.45) is -4.43. The number of ether oxygens (including phenoxy) is 1. The molecule has 0 radical (unpaired) electrons. The van der Waals surface area contributed by atoms with Gasteiger partial charge in [-0.15, -0.1) is 0 Å². The van der Waals surface area contributed by atoms with Gasteiger partial charge in [0.1, 0.15) is 18.3 Å². The second kappa shape index (κ2) is 4.42. The van der Waals surface area contributed by atoms with Gasteiger partial charge < -0.3 is 30.5 Å². The van der Waals surface area contributed by atoms with E-state index in [-0.39, 0.29) is 13.2 Å². The van der Waals surface area contributed by atoms with Crippen molar-refractivity contribution in [3.63, 3.8) is 0 Å². The molecule has 7 heteroatoms. The van der Waals surface area contributed by atoms with Gasteiger partial charge >= 0.3 is 0 Å². The van der Waals surface area contributed by atoms with E-state index in [9.17, 15) is 20.1 Å². The van der Waals surface area contributed by atoms with Crippen LogP contribution in [0.25, 0.3) is 0 Å². The molecule has 15 heavy (non-hydrogen) atoms. The van der Waals surface area contributed by atoms with E-state index in [0.717, 1.165) is 0 Å². The van der Waals surface area contributed by atoms with Crippen molar-refractivity contribution in [2.24, 2.45) is 0 Å². The van der Waals surface area contributed by atoms with Gasteiger partial charge in [-0.3, -0.25) is 4.79 Å². The number of hydrogen-bond donors (Lipinski definition) is 5. The van der Waals surface area contributed by atoms with Crippen molar-refractivity contribution in [1.29, 1.82) is 0 Å². The van der Waals surface area contributed by atoms with E-state index in [4.69, 9.17) is 9.84 Å². The first kappa shape index (κ1) is 12.3. The fourth-order valence-corrected chi connectivity index (χ4v) is 1.30. The van der Waals surface area contributed by atoms with Gasteiger partial charge in [-0.05, 0) is 0 Å². The smallest absolute Gasteiger partial charge is 0.217 e. The topological polar surface area (TPSA) is 119 Å². The van der Waals surface area contributed by atoms with Crippen LogP contribution in [0.2, 0.25) is 0 Å². The first-order valence-corrected chi connectivity index (χ1v) is 4.52. The molecule has 0 bridgehead atoms. The summed E-state index contributed by atoms with van der Waals surface area (Å²) in [5.41, 5.74) is 0. The average molecular weight is 221 g/mol. The van der Waals surface area contributed by atoms with E-state index in [0.29, 0.717) is 0 Å². The molecule has 1 saturated heterocycles. The minimum absolute atomic E-state index is 0.311. The van der Waals surface area contributed by atoms with E-state index in [2.05, 4.69) is 5.32 Å². The molecule has 0 aromatic rings. The monoisotopic (exact) mass is 221 g/mol. The Morgan fingerprint density at radius 2 is 2.13 bits per heavy atom. The lowest BCUT2D eigenvalue weighted by Gasteiger charge is -2.41. The highest BCUT2D eigenvalue weighted by Crippen LogP contribution is 2.23. The summed E-state index contributed by atoms with van der Waals surface area (Å²) in [6.45, 7) is 0.575. The maximum Gasteiger partial charge on any atom is 0.217 e. The molecular formula is C8H15NO6. The fraction of sp³-hybridized carbons (Fsp3) is 0.875. The third kappa shape index (κ3) is 2.64. The summed E-state index contributed by atoms with van der Waals surface area (Å²) >= 11 is 0. The Morgan fingerprint density at radius 3 is 2.67 bits per heavy atom. The zero-order valence-corrected chi connectivity index (χ0v) is 8.25. The highest BCUT2D eigenvalue weighted by molar-refractivity contribution is 5.72. The molecule has 0 aromatic carbocycles. The van der Waals surface area contributed by atoms with Gasteiger partial charge in [0.25, 0.3) is 0 Å². The largest absolute Gasteiger partial charge is 0.388 e. The van der Waals surface area contributed by atoms with Gasteiger partial charge in [0, 0.05) is 6.92 Å². The van der Waals surface area contributed by atoms with E-state index in [1.165, 1.54) is 6.92 Å². The molecule has 88 valence electrons. The van der Waals surface area contributed by atoms with E-state index >= 15 is 0 Å². The number of nitrogens with one attached hydrogen (secondary N) is 1. The Hall–Kier alpha value is -0.730. The van der Waals surface area contributed by atoms with Crippen molar-refractivity contribution in [2.45, 2.75) is 31.0 Å². The quantitative estimate of drug-likeness (QED) is 0.337. The van der Waals surface area contributed by atoms with Crippen LogP contribution in [0, 0.1) is 0 Å². The number of hydrogen-bond acceptors (Lipinski definition) is 6. The van der Waals surface area contributed by atoms with Gasteiger partial charge in [-0.1, -0.05) is 0 Å². The highest BCUT2D eigenvalue weighted by atomic mass is 16.6. The molecule has 5 N–H and O–H groups in total. The second-order valence-corrected chi connectivity index (χ2v) is 3.57. The molecule has 7 nitrogen and oxygen atoms in total. The summed E-state index contributed by atoms with van der Waals surface area (Å²) < 4.78 is 4.79. The molecule has 1 rings (SSSR count). The van der Waals surface area contributed by atoms with Crippen LogP contribution in [-0.4, -0.2) is 63.6 Å². The van der Waals surface area contributed by atoms with E-state index in [1.54, 1.807) is 0 Å². The van der Waals surface area contributed by atoms with Gasteiger partial charge in [0.15, 0.2) is 0 Å². The second-order valence-electron chi connectivity index (χ2n) is 3.57. The molecule has 1 amide bonds. The standard InChI is InChI=1S/C8H15NO6/c1-4(10)9-3-8(14)7(13)6(12)5(11)2-15-8/h5-7,11-14H,2-3H2,1H3,(H,9,10)/t5-,6+,7-,8-/m0/s1. The van der Waals surface area contributed by atoms with E-state index in [1.807, 2.05) is 0 Å². The van der Waals surface area contributed by atoms with Crippen molar-refractivity contribution in [3.8, 4) is 0 Å². The van der Waals surface area contributed by atoms with Gasteiger partial charge in [0.2, 0.25) is 11.7 Å². The lowest BCUT2D eigenvalue weighted by molar-refractivity contribution is -0.317. The summed E-state index contributed by atoms with van der Waals surface area (Å²) in [4.78, 5) is 10.6. The summed E-state index contributed by atoms with van der Waals surface area (Å²) in [7, 11) is 0. The Morgan fingerprint density at radius 1 is 1.53 bits per heavy atom. The Bertz CT molecular complexity index is 247. The lowest BCUT2D eigenvalue weighted by Crippen LogP contribution is -2.64. The number of rotatable bonds is 2. The predicted octanol–water partition coefficient (Wildman–Crippen LogP) is -3.08. The number of carbonyl (C=O) groups excluding carboxylic acids is 1. The SMILES string of the molecule is CC(=O)NC[C@]1(O)OC[C@H](O)[C@@H](O)[C@@H]1O. The van der Waals surface area contributed by atoms with Crippen LogP contribution in [0.15, 0.2) is 0 Å². The number of amides is 1. The molecule has 1 aliphatic rings. The number of carbonyl (C=O) groups is 1. The molecule has 1 heterocycles. The van der Waals surface area contributed by atoms with Gasteiger partial charge in [-0.25, -0.2) is 0 Å². The van der Waals surface area contributed by atoms with Crippen LogP contribution in [0.1, 0.15) is 6.92 Å². The van der Waals surface area contributed by atoms with Crippen LogP contribution in [0.4, 0.5) is 0 Å². The molecule has 0 saturated carbocycles. The Balaban J connectivity index is 2.63. The number of aliphatic hydroxyl groups excluding tert-OH is 3. The lowest BCUT2D eigenvalue weighted by atomic mass is 9.97. The minimum Gasteiger partial charge on any atom is -0.388 e. The average Bonchev–Trinajstić information content (AvgIpc) is 2.19. The summed E-state index contributed by atoms with van der Waals surface area (Å²) in [6, 6.07) is 0. The highest BCUT2D eigenvalue weighted by Gasteiger charge is 2.48. The number of aliphatic hydroxyl groups is 4. The molecular weight excluding hydrogens is 206 g/mol. The third-order valence-electron chi connectivity index (χ3n) is 2.27. The van der Waals surface area contributed by atoms with Crippen LogP contribution >= 0.6 is 0 Å². The van der Waals surface area contributed by atoms with Crippen molar-refractivity contribution < 1.29 is 30.0 Å². The molecule has 0 aliphatic carbocycles. The maximum absolute atomic E-state index is 10.6. The van der Waals surface area contributed by atoms with Gasteiger partial charge in [0.05, 0.1) is 13.2 Å². The Labute approximate surface area is 86.3 Å².